The van der Waals surface area contributed by atoms with Crippen molar-refractivity contribution >= 4 is 11.8 Å². The zero-order valence-electron chi connectivity index (χ0n) is 11.5. The lowest BCUT2D eigenvalue weighted by Crippen LogP contribution is -2.51. The number of hydrogen-bond donors (Lipinski definition) is 1. The van der Waals surface area contributed by atoms with Crippen molar-refractivity contribution in [3.05, 3.63) is 35.7 Å². The second kappa shape index (κ2) is 5.45. The third-order valence-electron chi connectivity index (χ3n) is 3.23. The quantitative estimate of drug-likeness (QED) is 0.827. The molecule has 7 nitrogen and oxygen atoms in total. The molecule has 1 N–H and O–H groups in total. The fourth-order valence-electron chi connectivity index (χ4n) is 2.14. The van der Waals surface area contributed by atoms with Gasteiger partial charge in [0.25, 0.3) is 0 Å². The van der Waals surface area contributed by atoms with Gasteiger partial charge in [-0.3, -0.25) is 19.8 Å². The van der Waals surface area contributed by atoms with E-state index in [2.05, 4.69) is 15.5 Å². The van der Waals surface area contributed by atoms with Gasteiger partial charge in [0, 0.05) is 12.5 Å². The van der Waals surface area contributed by atoms with Crippen LogP contribution in [0.15, 0.2) is 28.8 Å². The van der Waals surface area contributed by atoms with E-state index in [9.17, 15) is 9.59 Å². The molecule has 1 aliphatic heterocycles. The van der Waals surface area contributed by atoms with Gasteiger partial charge in [-0.05, 0) is 5.56 Å². The van der Waals surface area contributed by atoms with E-state index in [0.29, 0.717) is 11.7 Å². The molecule has 0 saturated carbocycles. The zero-order valence-corrected chi connectivity index (χ0v) is 11.5. The Bertz CT molecular complexity index is 662. The Morgan fingerprint density at radius 2 is 1.86 bits per heavy atom. The first kappa shape index (κ1) is 13.4. The molecule has 1 saturated heterocycles. The second-order valence-corrected chi connectivity index (χ2v) is 4.81. The lowest BCUT2D eigenvalue weighted by molar-refractivity contribution is -0.147. The summed E-state index contributed by atoms with van der Waals surface area (Å²) in [5.41, 5.74) is 1.70. The normalized spacial score (nSPS) is 15.6. The van der Waals surface area contributed by atoms with Crippen LogP contribution in [0, 0.1) is 6.92 Å². The predicted octanol–water partition coefficient (Wildman–Crippen LogP) is 0.503. The third kappa shape index (κ3) is 2.82. The van der Waals surface area contributed by atoms with Gasteiger partial charge in [0.15, 0.2) is 0 Å². The first-order valence-electron chi connectivity index (χ1n) is 6.57. The Balaban J connectivity index is 1.75. The van der Waals surface area contributed by atoms with E-state index in [1.165, 1.54) is 4.90 Å². The van der Waals surface area contributed by atoms with E-state index in [0.717, 1.165) is 11.1 Å². The summed E-state index contributed by atoms with van der Waals surface area (Å²) in [7, 11) is 0. The van der Waals surface area contributed by atoms with Crippen molar-refractivity contribution in [3.63, 3.8) is 0 Å². The number of imide groups is 1. The number of nitrogens with zero attached hydrogens (tertiary/aromatic N) is 3. The number of amides is 2. The molecule has 108 valence electrons. The minimum atomic E-state index is -0.205. The lowest BCUT2D eigenvalue weighted by atomic mass is 10.1. The molecule has 1 aromatic heterocycles. The van der Waals surface area contributed by atoms with E-state index in [-0.39, 0.29) is 31.4 Å². The number of rotatable bonds is 3. The maximum Gasteiger partial charge on any atom is 0.243 e. The van der Waals surface area contributed by atoms with Crippen LogP contribution in [0.3, 0.4) is 0 Å². The molecule has 7 heteroatoms. The van der Waals surface area contributed by atoms with Crippen molar-refractivity contribution in [1.82, 2.24) is 20.4 Å². The number of carbonyl (C=O) groups excluding carboxylic acids is 2. The van der Waals surface area contributed by atoms with Crippen molar-refractivity contribution < 1.29 is 14.1 Å². The van der Waals surface area contributed by atoms with Gasteiger partial charge >= 0.3 is 0 Å². The van der Waals surface area contributed by atoms with E-state index < -0.39 is 0 Å². The number of carbonyl (C=O) groups is 2. The maximum absolute atomic E-state index is 11.7. The van der Waals surface area contributed by atoms with Crippen LogP contribution in [-0.4, -0.2) is 39.9 Å². The third-order valence-corrected chi connectivity index (χ3v) is 3.23. The molecule has 3 rings (SSSR count). The van der Waals surface area contributed by atoms with E-state index in [1.54, 1.807) is 6.92 Å². The first-order valence-corrected chi connectivity index (χ1v) is 6.57. The van der Waals surface area contributed by atoms with Gasteiger partial charge in [0.2, 0.25) is 23.5 Å². The molecule has 1 aromatic carbocycles. The van der Waals surface area contributed by atoms with Crippen LogP contribution in [0.2, 0.25) is 0 Å². The highest BCUT2D eigenvalue weighted by atomic mass is 16.5. The number of piperazine rings is 1. The minimum absolute atomic E-state index is 0.200. The molecule has 21 heavy (non-hydrogen) atoms. The van der Waals surface area contributed by atoms with Crippen LogP contribution in [-0.2, 0) is 16.1 Å². The summed E-state index contributed by atoms with van der Waals surface area (Å²) in [5.74, 6) is 0.618. The Labute approximate surface area is 120 Å². The standard InChI is InChI=1S/C14H14N4O3/c1-9-16-14(17-21-9)11-4-2-10(3-5-11)8-18-12(19)6-15-7-13(18)20/h2-5,15H,6-8H2,1H3. The molecule has 1 fully saturated rings. The van der Waals surface area contributed by atoms with Crippen molar-refractivity contribution in [2.45, 2.75) is 13.5 Å². The average Bonchev–Trinajstić information content (AvgIpc) is 2.90. The molecule has 1 aliphatic rings. The molecule has 0 spiro atoms. The second-order valence-electron chi connectivity index (χ2n) is 4.81. The molecule has 0 radical (unpaired) electrons. The fraction of sp³-hybridized carbons (Fsp3) is 0.286. The van der Waals surface area contributed by atoms with Crippen molar-refractivity contribution in [2.75, 3.05) is 13.1 Å². The molecular weight excluding hydrogens is 272 g/mol. The molecular formula is C14H14N4O3. The highest BCUT2D eigenvalue weighted by Gasteiger charge is 2.25. The SMILES string of the molecule is Cc1nc(-c2ccc(CN3C(=O)CNCC3=O)cc2)no1. The largest absolute Gasteiger partial charge is 0.339 e. The summed E-state index contributed by atoms with van der Waals surface area (Å²) in [6.45, 7) is 2.41. The Morgan fingerprint density at radius 1 is 1.19 bits per heavy atom. The minimum Gasteiger partial charge on any atom is -0.339 e. The Morgan fingerprint density at radius 3 is 2.43 bits per heavy atom. The van der Waals surface area contributed by atoms with Crippen molar-refractivity contribution in [2.24, 2.45) is 0 Å². The smallest absolute Gasteiger partial charge is 0.243 e. The average molecular weight is 286 g/mol. The molecule has 0 unspecified atom stereocenters. The highest BCUT2D eigenvalue weighted by molar-refractivity contribution is 5.99. The van der Waals surface area contributed by atoms with E-state index in [4.69, 9.17) is 4.52 Å². The van der Waals surface area contributed by atoms with Gasteiger partial charge in [-0.15, -0.1) is 0 Å². The molecule has 0 aliphatic carbocycles. The summed E-state index contributed by atoms with van der Waals surface area (Å²) in [6, 6.07) is 7.39. The number of aryl methyl sites for hydroxylation is 1. The first-order chi connectivity index (χ1) is 10.1. The molecule has 2 amide bonds. The van der Waals surface area contributed by atoms with Crippen molar-refractivity contribution in [3.8, 4) is 11.4 Å². The highest BCUT2D eigenvalue weighted by Crippen LogP contribution is 2.17. The van der Waals surface area contributed by atoms with Gasteiger partial charge in [-0.25, -0.2) is 0 Å². The van der Waals surface area contributed by atoms with Crippen LogP contribution >= 0.6 is 0 Å². The summed E-state index contributed by atoms with van der Waals surface area (Å²) in [4.78, 5) is 28.8. The van der Waals surface area contributed by atoms with Gasteiger partial charge in [0.05, 0.1) is 19.6 Å². The van der Waals surface area contributed by atoms with Crippen LogP contribution < -0.4 is 5.32 Å². The monoisotopic (exact) mass is 286 g/mol. The van der Waals surface area contributed by atoms with Gasteiger partial charge in [-0.2, -0.15) is 4.98 Å². The summed E-state index contributed by atoms with van der Waals surface area (Å²) in [6.07, 6.45) is 0. The van der Waals surface area contributed by atoms with Gasteiger partial charge in [-0.1, -0.05) is 29.4 Å². The van der Waals surface area contributed by atoms with Crippen LogP contribution in [0.25, 0.3) is 11.4 Å². The topological polar surface area (TPSA) is 88.3 Å². The summed E-state index contributed by atoms with van der Waals surface area (Å²) < 4.78 is 4.93. The molecule has 0 atom stereocenters. The fourth-order valence-corrected chi connectivity index (χ4v) is 2.14. The molecule has 0 bridgehead atoms. The lowest BCUT2D eigenvalue weighted by Gasteiger charge is -2.25. The number of hydrogen-bond acceptors (Lipinski definition) is 6. The van der Waals surface area contributed by atoms with Crippen LogP contribution in [0.1, 0.15) is 11.5 Å². The van der Waals surface area contributed by atoms with Crippen LogP contribution in [0.5, 0.6) is 0 Å². The summed E-state index contributed by atoms with van der Waals surface area (Å²) in [5, 5.41) is 6.61. The number of aromatic nitrogens is 2. The van der Waals surface area contributed by atoms with Gasteiger partial charge in [0.1, 0.15) is 0 Å². The van der Waals surface area contributed by atoms with E-state index >= 15 is 0 Å². The van der Waals surface area contributed by atoms with E-state index in [1.807, 2.05) is 24.3 Å². The Kier molecular flexibility index (Phi) is 3.49. The number of nitrogens with one attached hydrogen (secondary N) is 1. The molecule has 2 aromatic rings. The molecule has 2 heterocycles. The predicted molar refractivity (Wildman–Crippen MR) is 72.9 cm³/mol. The van der Waals surface area contributed by atoms with Crippen LogP contribution in [0.4, 0.5) is 0 Å². The van der Waals surface area contributed by atoms with Crippen molar-refractivity contribution in [1.29, 1.82) is 0 Å². The number of benzene rings is 1. The maximum atomic E-state index is 11.7. The Hall–Kier alpha value is -2.54. The van der Waals surface area contributed by atoms with Gasteiger partial charge < -0.3 is 4.52 Å². The zero-order chi connectivity index (χ0) is 14.8. The summed E-state index contributed by atoms with van der Waals surface area (Å²) >= 11 is 0.